The predicted molar refractivity (Wildman–Crippen MR) is 58.9 cm³/mol. The lowest BCUT2D eigenvalue weighted by molar-refractivity contribution is -0.139. The first-order chi connectivity index (χ1) is 8.22. The van der Waals surface area contributed by atoms with E-state index in [9.17, 15) is 4.79 Å². The summed E-state index contributed by atoms with van der Waals surface area (Å²) in [6.45, 7) is 3.04. The second-order valence-corrected chi connectivity index (χ2v) is 4.07. The Balaban J connectivity index is 2.06. The van der Waals surface area contributed by atoms with Crippen molar-refractivity contribution in [2.75, 3.05) is 6.61 Å². The molecule has 0 aliphatic carbocycles. The van der Waals surface area contributed by atoms with Crippen molar-refractivity contribution in [3.8, 4) is 5.88 Å². The number of aromatic nitrogens is 1. The van der Waals surface area contributed by atoms with E-state index in [1.165, 1.54) is 0 Å². The first-order valence-corrected chi connectivity index (χ1v) is 5.78. The predicted octanol–water partition coefficient (Wildman–Crippen LogP) is 0.952. The summed E-state index contributed by atoms with van der Waals surface area (Å²) in [6, 6.07) is -0.588. The summed E-state index contributed by atoms with van der Waals surface area (Å²) in [5.41, 5.74) is 0.784. The number of nitrogens with zero attached hydrogens (tertiary/aromatic N) is 1. The van der Waals surface area contributed by atoms with Crippen molar-refractivity contribution in [3.63, 3.8) is 0 Å². The van der Waals surface area contributed by atoms with Crippen molar-refractivity contribution in [2.45, 2.75) is 38.8 Å². The Kier molecular flexibility index (Phi) is 3.63. The van der Waals surface area contributed by atoms with Gasteiger partial charge in [0.25, 0.3) is 5.88 Å². The lowest BCUT2D eigenvalue weighted by Gasteiger charge is -2.18. The van der Waals surface area contributed by atoms with Crippen LogP contribution in [0.3, 0.4) is 0 Å². The van der Waals surface area contributed by atoms with Gasteiger partial charge in [0.2, 0.25) is 0 Å². The highest BCUT2D eigenvalue weighted by atomic mass is 16.5. The minimum Gasteiger partial charge on any atom is -0.480 e. The Bertz CT molecular complexity index is 402. The quantitative estimate of drug-likeness (QED) is 0.745. The Morgan fingerprint density at radius 1 is 1.71 bits per heavy atom. The molecule has 0 amide bonds. The molecule has 1 atom stereocenters. The Morgan fingerprint density at radius 3 is 3.24 bits per heavy atom. The molecule has 6 nitrogen and oxygen atoms in total. The van der Waals surface area contributed by atoms with E-state index in [2.05, 4.69) is 17.4 Å². The third kappa shape index (κ3) is 2.58. The molecular formula is C11H16N2O4. The second-order valence-electron chi connectivity index (χ2n) is 4.07. The number of carboxylic acid groups (broad SMARTS) is 1. The van der Waals surface area contributed by atoms with Gasteiger partial charge >= 0.3 is 5.97 Å². The number of carbonyl (C=O) groups is 1. The zero-order valence-electron chi connectivity index (χ0n) is 9.73. The number of aliphatic carboxylic acids is 1. The molecule has 0 saturated heterocycles. The normalized spacial score (nSPS) is 18.8. The van der Waals surface area contributed by atoms with E-state index in [0.29, 0.717) is 31.2 Å². The number of rotatable bonds is 5. The van der Waals surface area contributed by atoms with Crippen LogP contribution in [0.4, 0.5) is 0 Å². The largest absolute Gasteiger partial charge is 0.480 e. The van der Waals surface area contributed by atoms with Gasteiger partial charge in [0, 0.05) is 6.42 Å². The SMILES string of the molecule is CCCCOc1noc2c1C[C@H](C(=O)O)NC2. The zero-order chi connectivity index (χ0) is 12.3. The summed E-state index contributed by atoms with van der Waals surface area (Å²) in [6.07, 6.45) is 2.34. The van der Waals surface area contributed by atoms with Crippen molar-refractivity contribution in [1.82, 2.24) is 10.5 Å². The van der Waals surface area contributed by atoms with Crippen LogP contribution >= 0.6 is 0 Å². The van der Waals surface area contributed by atoms with Crippen LogP contribution in [0, 0.1) is 0 Å². The summed E-state index contributed by atoms with van der Waals surface area (Å²) in [5, 5.41) is 15.7. The maximum Gasteiger partial charge on any atom is 0.321 e. The van der Waals surface area contributed by atoms with Crippen LogP contribution in [0.2, 0.25) is 0 Å². The number of hydrogen-bond acceptors (Lipinski definition) is 5. The van der Waals surface area contributed by atoms with E-state index < -0.39 is 12.0 Å². The van der Waals surface area contributed by atoms with Gasteiger partial charge in [-0.3, -0.25) is 10.1 Å². The highest BCUT2D eigenvalue weighted by Gasteiger charge is 2.29. The van der Waals surface area contributed by atoms with Gasteiger partial charge < -0.3 is 14.4 Å². The molecule has 0 fully saturated rings. The summed E-state index contributed by atoms with van der Waals surface area (Å²) in [7, 11) is 0. The van der Waals surface area contributed by atoms with Crippen LogP contribution < -0.4 is 10.1 Å². The van der Waals surface area contributed by atoms with E-state index in [4.69, 9.17) is 14.4 Å². The van der Waals surface area contributed by atoms with Crippen molar-refractivity contribution in [3.05, 3.63) is 11.3 Å². The molecule has 1 aromatic rings. The zero-order valence-corrected chi connectivity index (χ0v) is 9.73. The summed E-state index contributed by atoms with van der Waals surface area (Å²) >= 11 is 0. The van der Waals surface area contributed by atoms with E-state index in [0.717, 1.165) is 18.4 Å². The van der Waals surface area contributed by atoms with Gasteiger partial charge in [0.1, 0.15) is 6.04 Å². The molecule has 1 aromatic heterocycles. The van der Waals surface area contributed by atoms with Crippen LogP contribution in [0.5, 0.6) is 5.88 Å². The van der Waals surface area contributed by atoms with Crippen molar-refractivity contribution >= 4 is 5.97 Å². The Hall–Kier alpha value is -1.56. The lowest BCUT2D eigenvalue weighted by atomic mass is 10.0. The molecule has 0 radical (unpaired) electrons. The van der Waals surface area contributed by atoms with Crippen LogP contribution in [0.25, 0.3) is 0 Å². The standard InChI is InChI=1S/C11H16N2O4/c1-2-3-4-16-10-7-5-8(11(14)15)12-6-9(7)17-13-10/h8,12H,2-6H2,1H3,(H,14,15)/t8-/m1/s1. The van der Waals surface area contributed by atoms with Gasteiger partial charge in [-0.2, -0.15) is 0 Å². The third-order valence-corrected chi connectivity index (χ3v) is 2.79. The van der Waals surface area contributed by atoms with Gasteiger partial charge in [0.15, 0.2) is 5.76 Å². The molecule has 1 aliphatic rings. The third-order valence-electron chi connectivity index (χ3n) is 2.79. The molecule has 0 aromatic carbocycles. The van der Waals surface area contributed by atoms with Crippen LogP contribution in [0.15, 0.2) is 4.52 Å². The number of hydrogen-bond donors (Lipinski definition) is 2. The Morgan fingerprint density at radius 2 is 2.53 bits per heavy atom. The first kappa shape index (κ1) is 11.9. The molecule has 0 spiro atoms. The fourth-order valence-electron chi connectivity index (χ4n) is 1.76. The highest BCUT2D eigenvalue weighted by Crippen LogP contribution is 2.26. The first-order valence-electron chi connectivity index (χ1n) is 5.78. The summed E-state index contributed by atoms with van der Waals surface area (Å²) in [5.74, 6) is 0.256. The number of fused-ring (bicyclic) bond motifs is 1. The molecule has 0 bridgehead atoms. The molecule has 0 saturated carbocycles. The molecule has 1 aliphatic heterocycles. The number of carboxylic acids is 1. The van der Waals surface area contributed by atoms with Gasteiger partial charge in [0.05, 0.1) is 18.7 Å². The van der Waals surface area contributed by atoms with E-state index in [1.54, 1.807) is 0 Å². The number of nitrogens with one attached hydrogen (secondary N) is 1. The van der Waals surface area contributed by atoms with Crippen molar-refractivity contribution in [2.24, 2.45) is 0 Å². The molecule has 2 rings (SSSR count). The summed E-state index contributed by atoms with van der Waals surface area (Å²) < 4.78 is 10.6. The fourth-order valence-corrected chi connectivity index (χ4v) is 1.76. The topological polar surface area (TPSA) is 84.6 Å². The molecule has 0 unspecified atom stereocenters. The molecule has 6 heteroatoms. The average Bonchev–Trinajstić information content (AvgIpc) is 2.72. The van der Waals surface area contributed by atoms with E-state index in [1.807, 2.05) is 0 Å². The van der Waals surface area contributed by atoms with Gasteiger partial charge in [-0.15, -0.1) is 0 Å². The van der Waals surface area contributed by atoms with Gasteiger partial charge in [-0.25, -0.2) is 0 Å². The van der Waals surface area contributed by atoms with E-state index >= 15 is 0 Å². The maximum absolute atomic E-state index is 10.9. The van der Waals surface area contributed by atoms with Crippen molar-refractivity contribution in [1.29, 1.82) is 0 Å². The highest BCUT2D eigenvalue weighted by molar-refractivity contribution is 5.74. The molecular weight excluding hydrogens is 224 g/mol. The molecule has 2 heterocycles. The fraction of sp³-hybridized carbons (Fsp3) is 0.636. The van der Waals surface area contributed by atoms with Gasteiger partial charge in [-0.05, 0) is 11.6 Å². The molecule has 2 N–H and O–H groups in total. The van der Waals surface area contributed by atoms with E-state index in [-0.39, 0.29) is 0 Å². The lowest BCUT2D eigenvalue weighted by Crippen LogP contribution is -2.41. The number of unbranched alkanes of at least 4 members (excludes halogenated alkanes) is 1. The maximum atomic E-state index is 10.9. The second kappa shape index (κ2) is 5.18. The summed E-state index contributed by atoms with van der Waals surface area (Å²) in [4.78, 5) is 10.9. The van der Waals surface area contributed by atoms with Crippen molar-refractivity contribution < 1.29 is 19.2 Å². The van der Waals surface area contributed by atoms with Crippen LogP contribution in [0.1, 0.15) is 31.1 Å². The minimum atomic E-state index is -0.864. The minimum absolute atomic E-state index is 0.357. The monoisotopic (exact) mass is 240 g/mol. The van der Waals surface area contributed by atoms with Crippen LogP contribution in [-0.4, -0.2) is 28.9 Å². The Labute approximate surface area is 98.9 Å². The van der Waals surface area contributed by atoms with Gasteiger partial charge in [-0.1, -0.05) is 13.3 Å². The smallest absolute Gasteiger partial charge is 0.321 e. The average molecular weight is 240 g/mol. The van der Waals surface area contributed by atoms with Crippen LogP contribution in [-0.2, 0) is 17.8 Å². The number of ether oxygens (including phenoxy) is 1. The molecule has 94 valence electrons. The molecule has 17 heavy (non-hydrogen) atoms.